The van der Waals surface area contributed by atoms with E-state index in [1.165, 1.54) is 32.9 Å². The minimum atomic E-state index is 0.108. The molecular weight excluding hydrogens is 524 g/mol. The number of piperidine rings is 2. The van der Waals surface area contributed by atoms with Gasteiger partial charge in [-0.3, -0.25) is 4.79 Å². The van der Waals surface area contributed by atoms with Gasteiger partial charge >= 0.3 is 0 Å². The Labute approximate surface area is 238 Å². The first kappa shape index (κ1) is 29.8. The third kappa shape index (κ3) is 6.76. The van der Waals surface area contributed by atoms with Crippen LogP contribution in [0.2, 0.25) is 0 Å². The minimum absolute atomic E-state index is 0.108. The maximum Gasteiger partial charge on any atom is 0.219 e. The standard InChI is InChI=1S/C13H18N6O.C11H16N6.C3H6O/c1-8-11-12(14)15-7-16-13(11)19(17-8)10-4-3-5-18(6-10)9(2)20;1-7-9-10(12)14-6-15-11(9)17(16-7)8-3-2-4-13-5-8;1-3(2)4/h7,10H,3-6H2,1-2H3,(H2,14,15,16);6,8,13H,2-5H2,1H3,(H2,12,14,15);1-2H3/t10-;8-;/m11./s1. The van der Waals surface area contributed by atoms with E-state index in [4.69, 9.17) is 11.5 Å². The summed E-state index contributed by atoms with van der Waals surface area (Å²) in [6.07, 6.45) is 7.24. The zero-order chi connectivity index (χ0) is 29.7. The van der Waals surface area contributed by atoms with Crippen molar-refractivity contribution in [2.45, 2.75) is 72.4 Å². The van der Waals surface area contributed by atoms with E-state index in [0.717, 1.165) is 72.4 Å². The van der Waals surface area contributed by atoms with Crippen molar-refractivity contribution in [1.82, 2.24) is 49.7 Å². The van der Waals surface area contributed by atoms with Crippen molar-refractivity contribution >= 4 is 45.4 Å². The maximum atomic E-state index is 11.5. The number of aromatic nitrogens is 8. The van der Waals surface area contributed by atoms with Crippen molar-refractivity contribution < 1.29 is 9.59 Å². The molecule has 2 aliphatic heterocycles. The molecule has 4 aromatic heterocycles. The van der Waals surface area contributed by atoms with Gasteiger partial charge in [-0.15, -0.1) is 0 Å². The van der Waals surface area contributed by atoms with Gasteiger partial charge in [0.2, 0.25) is 5.91 Å². The molecule has 1 amide bonds. The van der Waals surface area contributed by atoms with Crippen LogP contribution in [0.25, 0.3) is 22.1 Å². The quantitative estimate of drug-likeness (QED) is 0.323. The number of carbonyl (C=O) groups is 2. The zero-order valence-corrected chi connectivity index (χ0v) is 24.5. The Balaban J connectivity index is 0.000000169. The molecule has 6 rings (SSSR count). The molecule has 2 atom stereocenters. The molecule has 41 heavy (non-hydrogen) atoms. The SMILES string of the molecule is CC(=O)N1CCC[C@@H](n2nc(C)c3c(N)ncnc32)C1.CC(C)=O.Cc1nn([C@@H]2CCCNC2)c2ncnc(N)c12. The van der Waals surface area contributed by atoms with E-state index < -0.39 is 0 Å². The number of anilines is 2. The summed E-state index contributed by atoms with van der Waals surface area (Å²) in [6.45, 7) is 12.1. The zero-order valence-electron chi connectivity index (χ0n) is 24.5. The fourth-order valence-electron chi connectivity index (χ4n) is 5.33. The molecule has 0 unspecified atom stereocenters. The van der Waals surface area contributed by atoms with Crippen LogP contribution >= 0.6 is 0 Å². The summed E-state index contributed by atoms with van der Waals surface area (Å²) in [5.41, 5.74) is 15.1. The number of amides is 1. The van der Waals surface area contributed by atoms with Gasteiger partial charge in [0, 0.05) is 26.6 Å². The van der Waals surface area contributed by atoms with Gasteiger partial charge in [0.15, 0.2) is 11.3 Å². The fourth-order valence-corrected chi connectivity index (χ4v) is 5.33. The van der Waals surface area contributed by atoms with Crippen LogP contribution in [-0.2, 0) is 9.59 Å². The number of rotatable bonds is 2. The highest BCUT2D eigenvalue weighted by atomic mass is 16.2. The van der Waals surface area contributed by atoms with Crippen LogP contribution in [0.3, 0.4) is 0 Å². The first-order chi connectivity index (χ1) is 19.6. The summed E-state index contributed by atoms with van der Waals surface area (Å²) in [7, 11) is 0. The van der Waals surface area contributed by atoms with Gasteiger partial charge in [0.1, 0.15) is 30.1 Å². The number of ketones is 1. The number of nitrogens with two attached hydrogens (primary N) is 2. The lowest BCUT2D eigenvalue weighted by Crippen LogP contribution is -2.39. The van der Waals surface area contributed by atoms with Crippen molar-refractivity contribution in [3.63, 3.8) is 0 Å². The van der Waals surface area contributed by atoms with Crippen molar-refractivity contribution in [2.75, 3.05) is 37.6 Å². The molecule has 0 spiro atoms. The molecule has 5 N–H and O–H groups in total. The number of nitrogens with one attached hydrogen (secondary N) is 1. The first-order valence-electron chi connectivity index (χ1n) is 13.9. The Hall–Kier alpha value is -4.20. The van der Waals surface area contributed by atoms with E-state index in [1.54, 1.807) is 6.92 Å². The molecule has 2 aliphatic rings. The highest BCUT2D eigenvalue weighted by Gasteiger charge is 2.26. The number of Topliss-reactive ketones (excluding diaryl/α,β-unsaturated/α-hetero) is 1. The summed E-state index contributed by atoms with van der Waals surface area (Å²) < 4.78 is 3.90. The van der Waals surface area contributed by atoms with Crippen molar-refractivity contribution in [3.05, 3.63) is 24.0 Å². The van der Waals surface area contributed by atoms with Gasteiger partial charge in [-0.25, -0.2) is 29.3 Å². The molecule has 0 saturated carbocycles. The predicted octanol–water partition coefficient (Wildman–Crippen LogP) is 2.14. The number of hydrogen-bond donors (Lipinski definition) is 3. The molecule has 14 heteroatoms. The molecule has 2 saturated heterocycles. The Bertz CT molecular complexity index is 1520. The molecule has 4 aromatic rings. The van der Waals surface area contributed by atoms with E-state index in [0.29, 0.717) is 24.2 Å². The lowest BCUT2D eigenvalue weighted by atomic mass is 10.1. The number of likely N-dealkylation sites (tertiary alicyclic amines) is 1. The third-order valence-electron chi connectivity index (χ3n) is 7.19. The molecule has 14 nitrogen and oxygen atoms in total. The Kier molecular flexibility index (Phi) is 9.42. The summed E-state index contributed by atoms with van der Waals surface area (Å²) in [4.78, 5) is 39.5. The van der Waals surface area contributed by atoms with E-state index in [1.807, 2.05) is 28.1 Å². The van der Waals surface area contributed by atoms with Gasteiger partial charge < -0.3 is 26.5 Å². The first-order valence-corrected chi connectivity index (χ1v) is 13.9. The summed E-state index contributed by atoms with van der Waals surface area (Å²) in [5, 5.41) is 14.2. The minimum Gasteiger partial charge on any atom is -0.383 e. The Morgan fingerprint density at radius 2 is 1.34 bits per heavy atom. The van der Waals surface area contributed by atoms with Crippen LogP contribution in [0.5, 0.6) is 0 Å². The third-order valence-corrected chi connectivity index (χ3v) is 7.19. The van der Waals surface area contributed by atoms with Gasteiger partial charge in [0.25, 0.3) is 0 Å². The largest absolute Gasteiger partial charge is 0.383 e. The number of hydrogen-bond acceptors (Lipinski definition) is 11. The normalized spacial score (nSPS) is 18.8. The van der Waals surface area contributed by atoms with Gasteiger partial charge in [0.05, 0.1) is 34.2 Å². The van der Waals surface area contributed by atoms with Crippen molar-refractivity contribution in [3.8, 4) is 0 Å². The van der Waals surface area contributed by atoms with Gasteiger partial charge in [-0.1, -0.05) is 0 Å². The Morgan fingerprint density at radius 1 is 0.829 bits per heavy atom. The number of nitrogen functional groups attached to an aromatic ring is 2. The molecular formula is C27H40N12O2. The van der Waals surface area contributed by atoms with Crippen LogP contribution in [0.1, 0.15) is 69.9 Å². The lowest BCUT2D eigenvalue weighted by Gasteiger charge is -2.32. The second kappa shape index (κ2) is 13.0. The van der Waals surface area contributed by atoms with Crippen LogP contribution in [0.15, 0.2) is 12.7 Å². The van der Waals surface area contributed by atoms with E-state index >= 15 is 0 Å². The second-order valence-electron chi connectivity index (χ2n) is 10.6. The summed E-state index contributed by atoms with van der Waals surface area (Å²) in [6, 6.07) is 0.521. The average molecular weight is 565 g/mol. The lowest BCUT2D eigenvalue weighted by molar-refractivity contribution is -0.130. The highest BCUT2D eigenvalue weighted by Crippen LogP contribution is 2.28. The number of fused-ring (bicyclic) bond motifs is 2. The van der Waals surface area contributed by atoms with Crippen molar-refractivity contribution in [2.24, 2.45) is 0 Å². The van der Waals surface area contributed by atoms with Crippen LogP contribution in [0.4, 0.5) is 11.6 Å². The van der Waals surface area contributed by atoms with E-state index in [2.05, 4.69) is 35.5 Å². The number of aryl methyl sites for hydroxylation is 2. The van der Waals surface area contributed by atoms with Crippen LogP contribution in [0, 0.1) is 13.8 Å². The molecule has 0 bridgehead atoms. The second-order valence-corrected chi connectivity index (χ2v) is 10.6. The summed E-state index contributed by atoms with van der Waals surface area (Å²) in [5.74, 6) is 1.25. The van der Waals surface area contributed by atoms with Crippen LogP contribution < -0.4 is 16.8 Å². The number of carbonyl (C=O) groups excluding carboxylic acids is 2. The van der Waals surface area contributed by atoms with Gasteiger partial charge in [-0.2, -0.15) is 10.2 Å². The summed E-state index contributed by atoms with van der Waals surface area (Å²) >= 11 is 0. The molecule has 0 aliphatic carbocycles. The molecule has 0 aromatic carbocycles. The number of nitrogens with zero attached hydrogens (tertiary/aromatic N) is 9. The monoisotopic (exact) mass is 564 g/mol. The topological polar surface area (TPSA) is 189 Å². The maximum absolute atomic E-state index is 11.5. The highest BCUT2D eigenvalue weighted by molar-refractivity contribution is 5.88. The fraction of sp³-hybridized carbons (Fsp3) is 0.556. The average Bonchev–Trinajstić information content (AvgIpc) is 3.47. The van der Waals surface area contributed by atoms with Crippen LogP contribution in [-0.4, -0.2) is 82.3 Å². The molecule has 220 valence electrons. The van der Waals surface area contributed by atoms with E-state index in [-0.39, 0.29) is 17.7 Å². The van der Waals surface area contributed by atoms with Gasteiger partial charge in [-0.05, 0) is 59.9 Å². The Morgan fingerprint density at radius 3 is 1.83 bits per heavy atom. The molecule has 0 radical (unpaired) electrons. The predicted molar refractivity (Wildman–Crippen MR) is 157 cm³/mol. The smallest absolute Gasteiger partial charge is 0.219 e. The molecule has 2 fully saturated rings. The van der Waals surface area contributed by atoms with Crippen molar-refractivity contribution in [1.29, 1.82) is 0 Å². The van der Waals surface area contributed by atoms with E-state index in [9.17, 15) is 9.59 Å². The molecule has 6 heterocycles.